The summed E-state index contributed by atoms with van der Waals surface area (Å²) in [6, 6.07) is 7.22. The van der Waals surface area contributed by atoms with E-state index in [1.165, 1.54) is 0 Å². The lowest BCUT2D eigenvalue weighted by atomic mass is 10.0. The van der Waals surface area contributed by atoms with Gasteiger partial charge in [-0.05, 0) is 44.5 Å². The Morgan fingerprint density at radius 1 is 1.28 bits per heavy atom. The standard InChI is InChI=1S/C14H21NO3/c1-5-14(3,18-6-2)13(16)15-11-7-9-12(17-4)10-8-11/h7-10H,5-6H2,1-4H3,(H,15,16). The molecule has 0 aliphatic rings. The van der Waals surface area contributed by atoms with Crippen LogP contribution in [0.1, 0.15) is 27.2 Å². The van der Waals surface area contributed by atoms with Crippen LogP contribution in [0, 0.1) is 0 Å². The number of hydrogen-bond donors (Lipinski definition) is 1. The summed E-state index contributed by atoms with van der Waals surface area (Å²) >= 11 is 0. The van der Waals surface area contributed by atoms with Gasteiger partial charge in [-0.25, -0.2) is 0 Å². The lowest BCUT2D eigenvalue weighted by Crippen LogP contribution is -2.42. The summed E-state index contributed by atoms with van der Waals surface area (Å²) in [5.41, 5.74) is -0.0468. The van der Waals surface area contributed by atoms with Gasteiger partial charge in [0.2, 0.25) is 0 Å². The van der Waals surface area contributed by atoms with E-state index in [-0.39, 0.29) is 5.91 Å². The minimum atomic E-state index is -0.783. The van der Waals surface area contributed by atoms with Crippen molar-refractivity contribution in [1.29, 1.82) is 0 Å². The molecule has 0 fully saturated rings. The lowest BCUT2D eigenvalue weighted by molar-refractivity contribution is -0.139. The molecule has 1 unspecified atom stereocenters. The topological polar surface area (TPSA) is 47.6 Å². The number of hydrogen-bond acceptors (Lipinski definition) is 3. The van der Waals surface area contributed by atoms with Crippen LogP contribution in [0.4, 0.5) is 5.69 Å². The highest BCUT2D eigenvalue weighted by molar-refractivity contribution is 5.97. The molecule has 0 saturated heterocycles. The molecule has 1 rings (SSSR count). The van der Waals surface area contributed by atoms with Crippen LogP contribution in [0.2, 0.25) is 0 Å². The predicted octanol–water partition coefficient (Wildman–Crippen LogP) is 2.84. The van der Waals surface area contributed by atoms with Gasteiger partial charge in [0, 0.05) is 12.3 Å². The molecule has 0 aliphatic carbocycles. The van der Waals surface area contributed by atoms with Crippen molar-refractivity contribution in [1.82, 2.24) is 0 Å². The first-order chi connectivity index (χ1) is 8.55. The predicted molar refractivity (Wildman–Crippen MR) is 71.9 cm³/mol. The molecule has 1 aromatic rings. The second kappa shape index (κ2) is 6.40. The monoisotopic (exact) mass is 251 g/mol. The number of carbonyl (C=O) groups is 1. The zero-order valence-corrected chi connectivity index (χ0v) is 11.4. The Kier molecular flexibility index (Phi) is 5.16. The fraction of sp³-hybridized carbons (Fsp3) is 0.500. The fourth-order valence-electron chi connectivity index (χ4n) is 1.58. The Hall–Kier alpha value is -1.55. The van der Waals surface area contributed by atoms with Gasteiger partial charge in [-0.3, -0.25) is 4.79 Å². The van der Waals surface area contributed by atoms with Gasteiger partial charge in [-0.15, -0.1) is 0 Å². The third-order valence-corrected chi connectivity index (χ3v) is 2.97. The number of amides is 1. The van der Waals surface area contributed by atoms with E-state index in [1.807, 2.05) is 13.8 Å². The highest BCUT2D eigenvalue weighted by atomic mass is 16.5. The largest absolute Gasteiger partial charge is 0.497 e. The Balaban J connectivity index is 2.73. The number of rotatable bonds is 6. The van der Waals surface area contributed by atoms with Crippen molar-refractivity contribution in [3.05, 3.63) is 24.3 Å². The third kappa shape index (κ3) is 3.47. The first kappa shape index (κ1) is 14.5. The summed E-state index contributed by atoms with van der Waals surface area (Å²) in [7, 11) is 1.61. The van der Waals surface area contributed by atoms with Crippen LogP contribution in [0.15, 0.2) is 24.3 Å². The molecule has 0 bridgehead atoms. The highest BCUT2D eigenvalue weighted by Gasteiger charge is 2.31. The van der Waals surface area contributed by atoms with Crippen LogP contribution >= 0.6 is 0 Å². The minimum Gasteiger partial charge on any atom is -0.497 e. The highest BCUT2D eigenvalue weighted by Crippen LogP contribution is 2.20. The van der Waals surface area contributed by atoms with E-state index in [9.17, 15) is 4.79 Å². The molecule has 4 heteroatoms. The molecule has 18 heavy (non-hydrogen) atoms. The Labute approximate surface area is 108 Å². The normalized spacial score (nSPS) is 13.8. The molecule has 1 atom stereocenters. The van der Waals surface area contributed by atoms with Gasteiger partial charge in [0.25, 0.3) is 5.91 Å². The summed E-state index contributed by atoms with van der Waals surface area (Å²) in [5.74, 6) is 0.632. The SMILES string of the molecule is CCOC(C)(CC)C(=O)Nc1ccc(OC)cc1. The average molecular weight is 251 g/mol. The minimum absolute atomic E-state index is 0.128. The molecule has 0 saturated carbocycles. The van der Waals surface area contributed by atoms with Crippen molar-refractivity contribution >= 4 is 11.6 Å². The van der Waals surface area contributed by atoms with Crippen molar-refractivity contribution in [3.8, 4) is 5.75 Å². The van der Waals surface area contributed by atoms with E-state index in [2.05, 4.69) is 5.32 Å². The van der Waals surface area contributed by atoms with Gasteiger partial charge >= 0.3 is 0 Å². The second-order valence-corrected chi connectivity index (χ2v) is 4.20. The van der Waals surface area contributed by atoms with E-state index in [1.54, 1.807) is 38.3 Å². The van der Waals surface area contributed by atoms with E-state index in [0.717, 1.165) is 11.4 Å². The second-order valence-electron chi connectivity index (χ2n) is 4.20. The summed E-state index contributed by atoms with van der Waals surface area (Å²) in [6.45, 7) is 6.13. The number of ether oxygens (including phenoxy) is 2. The van der Waals surface area contributed by atoms with Crippen LogP contribution in [-0.2, 0) is 9.53 Å². The molecule has 1 aromatic carbocycles. The van der Waals surface area contributed by atoms with Crippen molar-refractivity contribution in [2.24, 2.45) is 0 Å². The van der Waals surface area contributed by atoms with Gasteiger partial charge in [0.05, 0.1) is 7.11 Å². The molecule has 0 aliphatic heterocycles. The van der Waals surface area contributed by atoms with Crippen LogP contribution < -0.4 is 10.1 Å². The summed E-state index contributed by atoms with van der Waals surface area (Å²) in [4.78, 5) is 12.1. The molecule has 4 nitrogen and oxygen atoms in total. The number of nitrogens with one attached hydrogen (secondary N) is 1. The van der Waals surface area contributed by atoms with Crippen LogP contribution in [0.3, 0.4) is 0 Å². The fourth-order valence-corrected chi connectivity index (χ4v) is 1.58. The number of anilines is 1. The maximum Gasteiger partial charge on any atom is 0.256 e. The summed E-state index contributed by atoms with van der Waals surface area (Å²) < 4.78 is 10.6. The number of methoxy groups -OCH3 is 1. The van der Waals surface area contributed by atoms with Crippen molar-refractivity contribution < 1.29 is 14.3 Å². The zero-order valence-electron chi connectivity index (χ0n) is 11.4. The zero-order chi connectivity index (χ0) is 13.6. The first-order valence-electron chi connectivity index (χ1n) is 6.15. The average Bonchev–Trinajstić information content (AvgIpc) is 2.39. The van der Waals surface area contributed by atoms with Gasteiger partial charge in [0.15, 0.2) is 0 Å². The van der Waals surface area contributed by atoms with Crippen molar-refractivity contribution in [2.45, 2.75) is 32.8 Å². The molecular weight excluding hydrogens is 230 g/mol. The third-order valence-electron chi connectivity index (χ3n) is 2.97. The van der Waals surface area contributed by atoms with Crippen LogP contribution in [0.5, 0.6) is 5.75 Å². The van der Waals surface area contributed by atoms with E-state index < -0.39 is 5.60 Å². The molecule has 0 spiro atoms. The lowest BCUT2D eigenvalue weighted by Gasteiger charge is -2.26. The maximum atomic E-state index is 12.1. The van der Waals surface area contributed by atoms with Gasteiger partial charge in [-0.1, -0.05) is 6.92 Å². The maximum absolute atomic E-state index is 12.1. The smallest absolute Gasteiger partial charge is 0.256 e. The first-order valence-corrected chi connectivity index (χ1v) is 6.15. The Morgan fingerprint density at radius 2 is 1.89 bits per heavy atom. The Bertz CT molecular complexity index is 389. The van der Waals surface area contributed by atoms with Crippen molar-refractivity contribution in [2.75, 3.05) is 19.0 Å². The number of carbonyl (C=O) groups excluding carboxylic acids is 1. The summed E-state index contributed by atoms with van der Waals surface area (Å²) in [6.07, 6.45) is 0.628. The van der Waals surface area contributed by atoms with Gasteiger partial charge in [0.1, 0.15) is 11.4 Å². The molecule has 0 heterocycles. The molecule has 1 amide bonds. The van der Waals surface area contributed by atoms with E-state index in [4.69, 9.17) is 9.47 Å². The van der Waals surface area contributed by atoms with Gasteiger partial charge < -0.3 is 14.8 Å². The molecule has 0 aromatic heterocycles. The van der Waals surface area contributed by atoms with E-state index in [0.29, 0.717) is 13.0 Å². The molecule has 100 valence electrons. The van der Waals surface area contributed by atoms with Crippen LogP contribution in [0.25, 0.3) is 0 Å². The van der Waals surface area contributed by atoms with Crippen LogP contribution in [-0.4, -0.2) is 25.2 Å². The van der Waals surface area contributed by atoms with E-state index >= 15 is 0 Å². The number of benzene rings is 1. The Morgan fingerprint density at radius 3 is 2.33 bits per heavy atom. The van der Waals surface area contributed by atoms with Crippen molar-refractivity contribution in [3.63, 3.8) is 0 Å². The quantitative estimate of drug-likeness (QED) is 0.845. The molecule has 1 N–H and O–H groups in total. The molecular formula is C14H21NO3. The van der Waals surface area contributed by atoms with Gasteiger partial charge in [-0.2, -0.15) is 0 Å². The summed E-state index contributed by atoms with van der Waals surface area (Å²) in [5, 5.41) is 2.85. The molecule has 0 radical (unpaired) electrons.